The third-order valence-corrected chi connectivity index (χ3v) is 3.92. The molecule has 3 rings (SSSR count). The molecule has 0 radical (unpaired) electrons. The summed E-state index contributed by atoms with van der Waals surface area (Å²) >= 11 is 5.86. The third-order valence-electron chi connectivity index (χ3n) is 3.67. The standard InChI is InChI=1S/C16H19ClN6O/c1-24-16-20-14(19-15(21-16)23-9-3-2-4-10-23)22-18-11-12-5-7-13(17)8-6-12/h5-8,11H,2-4,9-10H2,1H3,(H,19,20,21,22)/b18-11-. The maximum absolute atomic E-state index is 5.86. The summed E-state index contributed by atoms with van der Waals surface area (Å²) in [5.74, 6) is 0.971. The van der Waals surface area contributed by atoms with Crippen LogP contribution in [0.5, 0.6) is 6.01 Å². The number of hydrogen-bond acceptors (Lipinski definition) is 7. The summed E-state index contributed by atoms with van der Waals surface area (Å²) in [7, 11) is 1.54. The molecule has 1 aromatic heterocycles. The minimum atomic E-state index is 0.273. The molecule has 1 fully saturated rings. The van der Waals surface area contributed by atoms with E-state index in [-0.39, 0.29) is 6.01 Å². The minimum Gasteiger partial charge on any atom is -0.467 e. The summed E-state index contributed by atoms with van der Waals surface area (Å²) in [6.45, 7) is 1.89. The zero-order valence-electron chi connectivity index (χ0n) is 13.4. The second kappa shape index (κ2) is 7.92. The summed E-state index contributed by atoms with van der Waals surface area (Å²) in [6.07, 6.45) is 5.21. The molecule has 1 saturated heterocycles. The minimum absolute atomic E-state index is 0.273. The van der Waals surface area contributed by atoms with Crippen LogP contribution in [0.2, 0.25) is 5.02 Å². The molecule has 1 aromatic carbocycles. The molecule has 1 N–H and O–H groups in total. The average molecular weight is 347 g/mol. The first-order valence-corrected chi connectivity index (χ1v) is 8.22. The molecule has 2 heterocycles. The first kappa shape index (κ1) is 16.4. The van der Waals surface area contributed by atoms with Gasteiger partial charge in [0.05, 0.1) is 13.3 Å². The number of nitrogens with one attached hydrogen (secondary N) is 1. The van der Waals surface area contributed by atoms with E-state index >= 15 is 0 Å². The molecule has 2 aromatic rings. The highest BCUT2D eigenvalue weighted by atomic mass is 35.5. The lowest BCUT2D eigenvalue weighted by atomic mass is 10.1. The van der Waals surface area contributed by atoms with Crippen molar-refractivity contribution in [3.63, 3.8) is 0 Å². The molecule has 0 atom stereocenters. The van der Waals surface area contributed by atoms with E-state index in [0.29, 0.717) is 16.9 Å². The molecular weight excluding hydrogens is 328 g/mol. The van der Waals surface area contributed by atoms with E-state index < -0.39 is 0 Å². The fourth-order valence-corrected chi connectivity index (χ4v) is 2.56. The van der Waals surface area contributed by atoms with Crippen molar-refractivity contribution in [1.82, 2.24) is 15.0 Å². The van der Waals surface area contributed by atoms with Crippen molar-refractivity contribution in [2.75, 3.05) is 30.5 Å². The Labute approximate surface area is 145 Å². The highest BCUT2D eigenvalue weighted by molar-refractivity contribution is 6.30. The van der Waals surface area contributed by atoms with E-state index in [9.17, 15) is 0 Å². The Balaban J connectivity index is 1.73. The smallest absolute Gasteiger partial charge is 0.322 e. The van der Waals surface area contributed by atoms with E-state index in [1.54, 1.807) is 6.21 Å². The Hall–Kier alpha value is -2.41. The molecule has 0 amide bonds. The molecular formula is C16H19ClN6O. The fourth-order valence-electron chi connectivity index (χ4n) is 2.44. The molecule has 0 saturated carbocycles. The number of nitrogens with zero attached hydrogens (tertiary/aromatic N) is 5. The number of hydrogen-bond donors (Lipinski definition) is 1. The first-order valence-electron chi connectivity index (χ1n) is 7.84. The van der Waals surface area contributed by atoms with Crippen LogP contribution >= 0.6 is 11.6 Å². The van der Waals surface area contributed by atoms with Gasteiger partial charge in [-0.2, -0.15) is 20.1 Å². The number of aromatic nitrogens is 3. The number of rotatable bonds is 5. The monoisotopic (exact) mass is 346 g/mol. The van der Waals surface area contributed by atoms with Crippen LogP contribution in [0.1, 0.15) is 24.8 Å². The van der Waals surface area contributed by atoms with Gasteiger partial charge >= 0.3 is 6.01 Å². The van der Waals surface area contributed by atoms with Gasteiger partial charge in [0.1, 0.15) is 0 Å². The molecule has 0 aliphatic carbocycles. The summed E-state index contributed by atoms with van der Waals surface area (Å²) in [6, 6.07) is 7.64. The number of benzene rings is 1. The number of piperidine rings is 1. The van der Waals surface area contributed by atoms with Crippen molar-refractivity contribution >= 4 is 29.7 Å². The number of hydrazone groups is 1. The average Bonchev–Trinajstić information content (AvgIpc) is 2.64. The van der Waals surface area contributed by atoms with Gasteiger partial charge in [0.25, 0.3) is 5.95 Å². The Kier molecular flexibility index (Phi) is 5.43. The summed E-state index contributed by atoms with van der Waals surface area (Å²) < 4.78 is 5.17. The van der Waals surface area contributed by atoms with Gasteiger partial charge in [-0.15, -0.1) is 0 Å². The summed E-state index contributed by atoms with van der Waals surface area (Å²) in [4.78, 5) is 15.1. The van der Waals surface area contributed by atoms with Gasteiger partial charge in [0.15, 0.2) is 0 Å². The summed E-state index contributed by atoms with van der Waals surface area (Å²) in [5.41, 5.74) is 3.75. The molecule has 24 heavy (non-hydrogen) atoms. The zero-order chi connectivity index (χ0) is 16.8. The van der Waals surface area contributed by atoms with Crippen LogP contribution in [0.15, 0.2) is 29.4 Å². The van der Waals surface area contributed by atoms with E-state index in [4.69, 9.17) is 16.3 Å². The van der Waals surface area contributed by atoms with Gasteiger partial charge in [0, 0.05) is 18.1 Å². The van der Waals surface area contributed by atoms with Crippen molar-refractivity contribution in [2.24, 2.45) is 5.10 Å². The van der Waals surface area contributed by atoms with Crippen LogP contribution in [0, 0.1) is 0 Å². The highest BCUT2D eigenvalue weighted by Gasteiger charge is 2.16. The molecule has 0 bridgehead atoms. The van der Waals surface area contributed by atoms with Crippen LogP contribution in [-0.2, 0) is 0 Å². The normalized spacial score (nSPS) is 14.8. The van der Waals surface area contributed by atoms with Crippen molar-refractivity contribution in [3.05, 3.63) is 34.9 Å². The molecule has 7 nitrogen and oxygen atoms in total. The van der Waals surface area contributed by atoms with Crippen LogP contribution in [0.4, 0.5) is 11.9 Å². The second-order valence-corrected chi connectivity index (χ2v) is 5.85. The quantitative estimate of drug-likeness (QED) is 0.662. The van der Waals surface area contributed by atoms with Gasteiger partial charge in [-0.1, -0.05) is 23.7 Å². The lowest BCUT2D eigenvalue weighted by molar-refractivity contribution is 0.378. The van der Waals surface area contributed by atoms with Crippen molar-refractivity contribution in [2.45, 2.75) is 19.3 Å². The fraction of sp³-hybridized carbons (Fsp3) is 0.375. The second-order valence-electron chi connectivity index (χ2n) is 5.41. The van der Waals surface area contributed by atoms with Crippen LogP contribution in [0.25, 0.3) is 0 Å². The maximum atomic E-state index is 5.86. The van der Waals surface area contributed by atoms with Crippen molar-refractivity contribution < 1.29 is 4.74 Å². The van der Waals surface area contributed by atoms with E-state index in [1.807, 2.05) is 24.3 Å². The molecule has 0 spiro atoms. The molecule has 1 aliphatic heterocycles. The number of ether oxygens (including phenoxy) is 1. The zero-order valence-corrected chi connectivity index (χ0v) is 14.2. The molecule has 8 heteroatoms. The SMILES string of the molecule is COc1nc(N/N=C\c2ccc(Cl)cc2)nc(N2CCCCC2)n1. The van der Waals surface area contributed by atoms with Gasteiger partial charge in [-0.3, -0.25) is 0 Å². The third kappa shape index (κ3) is 4.32. The predicted molar refractivity (Wildman–Crippen MR) is 95.1 cm³/mol. The lowest BCUT2D eigenvalue weighted by Crippen LogP contribution is -2.31. The predicted octanol–water partition coefficient (Wildman–Crippen LogP) is 2.97. The van der Waals surface area contributed by atoms with Gasteiger partial charge in [0.2, 0.25) is 5.95 Å². The highest BCUT2D eigenvalue weighted by Crippen LogP contribution is 2.19. The van der Waals surface area contributed by atoms with Gasteiger partial charge in [-0.05, 0) is 37.0 Å². The molecule has 0 unspecified atom stereocenters. The Morgan fingerprint density at radius 1 is 1.12 bits per heavy atom. The Morgan fingerprint density at radius 3 is 2.58 bits per heavy atom. The van der Waals surface area contributed by atoms with Crippen molar-refractivity contribution in [1.29, 1.82) is 0 Å². The largest absolute Gasteiger partial charge is 0.467 e. The molecule has 1 aliphatic rings. The Morgan fingerprint density at radius 2 is 1.88 bits per heavy atom. The number of methoxy groups -OCH3 is 1. The van der Waals surface area contributed by atoms with Gasteiger partial charge < -0.3 is 9.64 Å². The summed E-state index contributed by atoms with van der Waals surface area (Å²) in [5, 5.41) is 4.85. The van der Waals surface area contributed by atoms with Crippen molar-refractivity contribution in [3.8, 4) is 6.01 Å². The topological polar surface area (TPSA) is 75.5 Å². The van der Waals surface area contributed by atoms with Crippen LogP contribution in [0.3, 0.4) is 0 Å². The molecule has 126 valence electrons. The van der Waals surface area contributed by atoms with E-state index in [0.717, 1.165) is 31.5 Å². The number of halogens is 1. The van der Waals surface area contributed by atoms with Crippen LogP contribution in [-0.4, -0.2) is 41.4 Å². The maximum Gasteiger partial charge on any atom is 0.322 e. The van der Waals surface area contributed by atoms with E-state index in [2.05, 4.69) is 30.4 Å². The van der Waals surface area contributed by atoms with Gasteiger partial charge in [-0.25, -0.2) is 5.43 Å². The van der Waals surface area contributed by atoms with Crippen LogP contribution < -0.4 is 15.1 Å². The lowest BCUT2D eigenvalue weighted by Gasteiger charge is -2.26. The Bertz CT molecular complexity index is 700. The number of anilines is 2. The first-order chi connectivity index (χ1) is 11.7. The van der Waals surface area contributed by atoms with E-state index in [1.165, 1.54) is 13.5 Å².